The quantitative estimate of drug-likeness (QED) is 0.265. The van der Waals surface area contributed by atoms with Crippen molar-refractivity contribution < 1.29 is 4.74 Å². The number of hydrogen-bond donors (Lipinski definition) is 1. The Morgan fingerprint density at radius 2 is 1.09 bits per heavy atom. The second-order valence-corrected chi connectivity index (χ2v) is 6.81. The molecule has 0 aromatic carbocycles. The minimum Gasteiger partial charge on any atom is -0.381 e. The molecule has 0 unspecified atom stereocenters. The first-order valence-electron chi connectivity index (χ1n) is 10.5. The maximum Gasteiger partial charge on any atom is 0.0478 e. The van der Waals surface area contributed by atoms with E-state index in [2.05, 4.69) is 19.2 Å². The summed E-state index contributed by atoms with van der Waals surface area (Å²) in [7, 11) is 0. The number of rotatable bonds is 20. The van der Waals surface area contributed by atoms with Gasteiger partial charge in [0.25, 0.3) is 0 Å². The predicted molar refractivity (Wildman–Crippen MR) is 104 cm³/mol. The second-order valence-electron chi connectivity index (χ2n) is 6.81. The Morgan fingerprint density at radius 1 is 0.609 bits per heavy atom. The summed E-state index contributed by atoms with van der Waals surface area (Å²) in [4.78, 5) is 0. The Bertz CT molecular complexity index is 176. The molecule has 0 aromatic heterocycles. The lowest BCUT2D eigenvalue weighted by Crippen LogP contribution is -2.17. The van der Waals surface area contributed by atoms with Crippen molar-refractivity contribution in [2.24, 2.45) is 0 Å². The topological polar surface area (TPSA) is 21.3 Å². The summed E-state index contributed by atoms with van der Waals surface area (Å²) >= 11 is 0. The molecule has 0 spiro atoms. The molecule has 0 saturated carbocycles. The molecule has 23 heavy (non-hydrogen) atoms. The van der Waals surface area contributed by atoms with Gasteiger partial charge in [-0.1, -0.05) is 90.9 Å². The molecular formula is C21H44NO. The molecule has 0 atom stereocenters. The largest absolute Gasteiger partial charge is 0.381 e. The molecule has 1 N–H and O–H groups in total. The zero-order chi connectivity index (χ0) is 16.8. The monoisotopic (exact) mass is 326 g/mol. The van der Waals surface area contributed by atoms with Gasteiger partial charge in [0, 0.05) is 13.2 Å². The molecule has 0 aliphatic rings. The van der Waals surface area contributed by atoms with Gasteiger partial charge in [0.2, 0.25) is 0 Å². The lowest BCUT2D eigenvalue weighted by molar-refractivity contribution is 0.127. The highest BCUT2D eigenvalue weighted by molar-refractivity contribution is 4.50. The number of ether oxygens (including phenoxy) is 1. The van der Waals surface area contributed by atoms with Crippen molar-refractivity contribution in [3.05, 3.63) is 6.92 Å². The van der Waals surface area contributed by atoms with E-state index in [1.165, 1.54) is 83.5 Å². The predicted octanol–water partition coefficient (Wildman–Crippen LogP) is 6.30. The minimum absolute atomic E-state index is 0.905. The molecule has 0 heterocycles. The van der Waals surface area contributed by atoms with E-state index in [4.69, 9.17) is 4.74 Å². The van der Waals surface area contributed by atoms with Crippen LogP contribution in [0.1, 0.15) is 103 Å². The second kappa shape index (κ2) is 21.9. The standard InChI is InChI=1S/C21H44NO/c1-3-5-6-7-8-9-10-11-12-13-14-15-16-20-23-21-17-19-22-18-4-2/h22H,2-21H2,1H3. The Labute approximate surface area is 147 Å². The molecule has 0 bridgehead atoms. The Kier molecular flexibility index (Phi) is 21.8. The van der Waals surface area contributed by atoms with E-state index >= 15 is 0 Å². The summed E-state index contributed by atoms with van der Waals surface area (Å²) in [6.07, 6.45) is 20.5. The SMILES string of the molecule is [CH2]CCNCCCOCCCCCCCCCCCCCCC. The number of hydrogen-bond acceptors (Lipinski definition) is 2. The molecule has 2 nitrogen and oxygen atoms in total. The highest BCUT2D eigenvalue weighted by Crippen LogP contribution is 2.12. The van der Waals surface area contributed by atoms with E-state index in [-0.39, 0.29) is 0 Å². The summed E-state index contributed by atoms with van der Waals surface area (Å²) < 4.78 is 5.66. The van der Waals surface area contributed by atoms with Crippen LogP contribution in [0.5, 0.6) is 0 Å². The van der Waals surface area contributed by atoms with Crippen LogP contribution in [-0.2, 0) is 4.74 Å². The van der Waals surface area contributed by atoms with Crippen LogP contribution < -0.4 is 5.32 Å². The van der Waals surface area contributed by atoms with Crippen molar-refractivity contribution in [2.45, 2.75) is 103 Å². The fraction of sp³-hybridized carbons (Fsp3) is 0.952. The minimum atomic E-state index is 0.905. The third kappa shape index (κ3) is 21.9. The van der Waals surface area contributed by atoms with Gasteiger partial charge in [-0.25, -0.2) is 0 Å². The molecule has 0 fully saturated rings. The van der Waals surface area contributed by atoms with Crippen LogP contribution in [-0.4, -0.2) is 26.3 Å². The molecule has 139 valence electrons. The maximum absolute atomic E-state index is 5.66. The average Bonchev–Trinajstić information content (AvgIpc) is 2.57. The number of unbranched alkanes of at least 4 members (excludes halogenated alkanes) is 12. The first kappa shape index (κ1) is 22.9. The summed E-state index contributed by atoms with van der Waals surface area (Å²) in [6.45, 7) is 10.0. The summed E-state index contributed by atoms with van der Waals surface area (Å²) in [5.74, 6) is 0. The first-order valence-corrected chi connectivity index (χ1v) is 10.5. The van der Waals surface area contributed by atoms with Gasteiger partial charge in [0.15, 0.2) is 0 Å². The fourth-order valence-corrected chi connectivity index (χ4v) is 2.87. The molecule has 0 aliphatic heterocycles. The highest BCUT2D eigenvalue weighted by Gasteiger charge is 1.94. The Balaban J connectivity index is 2.92. The van der Waals surface area contributed by atoms with Gasteiger partial charge in [-0.3, -0.25) is 0 Å². The average molecular weight is 327 g/mol. The molecule has 1 radical (unpaired) electrons. The molecule has 0 saturated heterocycles. The van der Waals surface area contributed by atoms with Crippen molar-refractivity contribution in [1.82, 2.24) is 5.32 Å². The van der Waals surface area contributed by atoms with Gasteiger partial charge in [-0.05, 0) is 32.4 Å². The van der Waals surface area contributed by atoms with Gasteiger partial charge in [-0.2, -0.15) is 0 Å². The highest BCUT2D eigenvalue weighted by atomic mass is 16.5. The summed E-state index contributed by atoms with van der Waals surface area (Å²) in [5, 5.41) is 3.34. The zero-order valence-corrected chi connectivity index (χ0v) is 16.1. The van der Waals surface area contributed by atoms with Crippen LogP contribution in [0.4, 0.5) is 0 Å². The van der Waals surface area contributed by atoms with Crippen LogP contribution in [0.2, 0.25) is 0 Å². The van der Waals surface area contributed by atoms with E-state index in [1.807, 2.05) is 0 Å². The number of nitrogens with one attached hydrogen (secondary N) is 1. The molecule has 0 rings (SSSR count). The lowest BCUT2D eigenvalue weighted by atomic mass is 10.0. The molecule has 0 aliphatic carbocycles. The first-order chi connectivity index (χ1) is 11.4. The third-order valence-electron chi connectivity index (χ3n) is 4.39. The van der Waals surface area contributed by atoms with Crippen LogP contribution in [0.15, 0.2) is 0 Å². The van der Waals surface area contributed by atoms with Crippen molar-refractivity contribution in [2.75, 3.05) is 26.3 Å². The van der Waals surface area contributed by atoms with E-state index in [1.54, 1.807) is 0 Å². The lowest BCUT2D eigenvalue weighted by Gasteiger charge is -2.05. The van der Waals surface area contributed by atoms with E-state index < -0.39 is 0 Å². The van der Waals surface area contributed by atoms with Crippen molar-refractivity contribution in [3.63, 3.8) is 0 Å². The van der Waals surface area contributed by atoms with Crippen molar-refractivity contribution >= 4 is 0 Å². The summed E-state index contributed by atoms with van der Waals surface area (Å²) in [5.41, 5.74) is 0. The van der Waals surface area contributed by atoms with Gasteiger partial charge >= 0.3 is 0 Å². The zero-order valence-electron chi connectivity index (χ0n) is 16.1. The Hall–Kier alpha value is -0.0800. The molecular weight excluding hydrogens is 282 g/mol. The normalized spacial score (nSPS) is 11.2. The van der Waals surface area contributed by atoms with Gasteiger partial charge in [0.05, 0.1) is 0 Å². The smallest absolute Gasteiger partial charge is 0.0478 e. The van der Waals surface area contributed by atoms with Crippen LogP contribution in [0.3, 0.4) is 0 Å². The van der Waals surface area contributed by atoms with Crippen molar-refractivity contribution in [3.8, 4) is 0 Å². The fourth-order valence-electron chi connectivity index (χ4n) is 2.87. The van der Waals surface area contributed by atoms with Crippen LogP contribution in [0, 0.1) is 6.92 Å². The van der Waals surface area contributed by atoms with E-state index in [0.717, 1.165) is 39.1 Å². The van der Waals surface area contributed by atoms with Gasteiger partial charge in [-0.15, -0.1) is 0 Å². The third-order valence-corrected chi connectivity index (χ3v) is 4.39. The molecule has 0 amide bonds. The summed E-state index contributed by atoms with van der Waals surface area (Å²) in [6, 6.07) is 0. The molecule has 0 aromatic rings. The van der Waals surface area contributed by atoms with Gasteiger partial charge < -0.3 is 10.1 Å². The van der Waals surface area contributed by atoms with E-state index in [9.17, 15) is 0 Å². The van der Waals surface area contributed by atoms with Gasteiger partial charge in [0.1, 0.15) is 0 Å². The maximum atomic E-state index is 5.66. The Morgan fingerprint density at radius 3 is 1.61 bits per heavy atom. The molecule has 2 heteroatoms. The van der Waals surface area contributed by atoms with Crippen LogP contribution in [0.25, 0.3) is 0 Å². The van der Waals surface area contributed by atoms with E-state index in [0.29, 0.717) is 0 Å². The van der Waals surface area contributed by atoms with Crippen LogP contribution >= 0.6 is 0 Å². The van der Waals surface area contributed by atoms with Crippen molar-refractivity contribution in [1.29, 1.82) is 0 Å².